The van der Waals surface area contributed by atoms with Crippen molar-refractivity contribution in [2.75, 3.05) is 33.3 Å². The Labute approximate surface area is 91.8 Å². The first-order chi connectivity index (χ1) is 7.22. The van der Waals surface area contributed by atoms with E-state index in [1.54, 1.807) is 0 Å². The number of benzene rings is 1. The molecule has 84 valence electrons. The van der Waals surface area contributed by atoms with E-state index in [1.807, 2.05) is 25.2 Å². The van der Waals surface area contributed by atoms with Crippen molar-refractivity contribution in [2.45, 2.75) is 6.92 Å². The van der Waals surface area contributed by atoms with Crippen LogP contribution in [0.4, 0.5) is 0 Å². The van der Waals surface area contributed by atoms with Crippen LogP contribution in [0, 0.1) is 6.92 Å². The van der Waals surface area contributed by atoms with E-state index >= 15 is 0 Å². The fraction of sp³-hybridized carbons (Fsp3) is 0.500. The lowest BCUT2D eigenvalue weighted by molar-refractivity contribution is 0.241. The molecule has 0 aromatic heterocycles. The molecule has 1 aromatic carbocycles. The predicted octanol–water partition coefficient (Wildman–Crippen LogP) is 1.26. The van der Waals surface area contributed by atoms with Crippen LogP contribution < -0.4 is 10.5 Å². The van der Waals surface area contributed by atoms with Crippen LogP contribution in [-0.4, -0.2) is 38.2 Å². The maximum atomic E-state index is 5.62. The fourth-order valence-corrected chi connectivity index (χ4v) is 1.36. The Balaban J connectivity index is 2.25. The molecule has 0 atom stereocenters. The van der Waals surface area contributed by atoms with Crippen molar-refractivity contribution in [1.82, 2.24) is 4.90 Å². The van der Waals surface area contributed by atoms with Gasteiger partial charge in [-0.1, -0.05) is 12.1 Å². The molecule has 0 bridgehead atoms. The first kappa shape index (κ1) is 12.0. The number of aryl methyl sites for hydroxylation is 1. The maximum Gasteiger partial charge on any atom is 0.119 e. The van der Waals surface area contributed by atoms with E-state index in [1.165, 1.54) is 5.56 Å². The van der Waals surface area contributed by atoms with Gasteiger partial charge in [0.25, 0.3) is 0 Å². The number of rotatable bonds is 6. The van der Waals surface area contributed by atoms with E-state index in [4.69, 9.17) is 10.5 Å². The molecule has 0 saturated carbocycles. The lowest BCUT2D eigenvalue weighted by atomic mass is 10.2. The third-order valence-corrected chi connectivity index (χ3v) is 2.24. The minimum absolute atomic E-state index is 0.695. The molecule has 2 N–H and O–H groups in total. The van der Waals surface area contributed by atoms with Crippen LogP contribution in [0.5, 0.6) is 5.75 Å². The van der Waals surface area contributed by atoms with Gasteiger partial charge in [0.05, 0.1) is 0 Å². The van der Waals surface area contributed by atoms with E-state index in [0.717, 1.165) is 18.8 Å². The van der Waals surface area contributed by atoms with Crippen molar-refractivity contribution in [3.63, 3.8) is 0 Å². The zero-order valence-electron chi connectivity index (χ0n) is 9.57. The molecule has 0 heterocycles. The van der Waals surface area contributed by atoms with Crippen molar-refractivity contribution >= 4 is 0 Å². The first-order valence-corrected chi connectivity index (χ1v) is 5.30. The molecule has 0 aliphatic heterocycles. The second kappa shape index (κ2) is 6.43. The van der Waals surface area contributed by atoms with Crippen LogP contribution >= 0.6 is 0 Å². The molecule has 0 saturated heterocycles. The smallest absolute Gasteiger partial charge is 0.119 e. The Morgan fingerprint density at radius 2 is 2.13 bits per heavy atom. The second-order valence-corrected chi connectivity index (χ2v) is 3.76. The summed E-state index contributed by atoms with van der Waals surface area (Å²) < 4.78 is 5.62. The van der Waals surface area contributed by atoms with Gasteiger partial charge in [-0.3, -0.25) is 0 Å². The number of nitrogens with two attached hydrogens (primary N) is 1. The topological polar surface area (TPSA) is 38.5 Å². The van der Waals surface area contributed by atoms with E-state index in [0.29, 0.717) is 13.2 Å². The number of nitrogens with zero attached hydrogens (tertiary/aromatic N) is 1. The lowest BCUT2D eigenvalue weighted by Crippen LogP contribution is -2.29. The molecule has 0 aliphatic carbocycles. The van der Waals surface area contributed by atoms with Gasteiger partial charge in [0.1, 0.15) is 12.4 Å². The standard InChI is InChI=1S/C12H20N2O/c1-11-4-3-5-12(10-11)15-9-8-14(2)7-6-13/h3-5,10H,6-9,13H2,1-2H3. The van der Waals surface area contributed by atoms with Crippen LogP contribution in [0.3, 0.4) is 0 Å². The van der Waals surface area contributed by atoms with Gasteiger partial charge >= 0.3 is 0 Å². The minimum Gasteiger partial charge on any atom is -0.492 e. The minimum atomic E-state index is 0.695. The highest BCUT2D eigenvalue weighted by Gasteiger charge is 1.97. The zero-order chi connectivity index (χ0) is 11.1. The summed E-state index contributed by atoms with van der Waals surface area (Å²) in [6.07, 6.45) is 0. The van der Waals surface area contributed by atoms with Gasteiger partial charge in [-0.25, -0.2) is 0 Å². The summed E-state index contributed by atoms with van der Waals surface area (Å²) in [6.45, 7) is 5.29. The molecule has 0 aliphatic rings. The predicted molar refractivity (Wildman–Crippen MR) is 63.2 cm³/mol. The number of likely N-dealkylation sites (N-methyl/N-ethyl adjacent to an activating group) is 1. The number of ether oxygens (including phenoxy) is 1. The average molecular weight is 208 g/mol. The van der Waals surface area contributed by atoms with Gasteiger partial charge in [-0.2, -0.15) is 0 Å². The lowest BCUT2D eigenvalue weighted by Gasteiger charge is -2.15. The monoisotopic (exact) mass is 208 g/mol. The molecular formula is C12H20N2O. The van der Waals surface area contributed by atoms with Crippen LogP contribution in [0.2, 0.25) is 0 Å². The molecule has 3 heteroatoms. The Hall–Kier alpha value is -1.06. The van der Waals surface area contributed by atoms with E-state index in [9.17, 15) is 0 Å². The maximum absolute atomic E-state index is 5.62. The largest absolute Gasteiger partial charge is 0.492 e. The molecule has 0 fully saturated rings. The Kier molecular flexibility index (Phi) is 5.15. The van der Waals surface area contributed by atoms with Gasteiger partial charge in [-0.15, -0.1) is 0 Å². The van der Waals surface area contributed by atoms with Crippen LogP contribution in [-0.2, 0) is 0 Å². The highest BCUT2D eigenvalue weighted by molar-refractivity contribution is 5.27. The van der Waals surface area contributed by atoms with Crippen molar-refractivity contribution < 1.29 is 4.74 Å². The zero-order valence-corrected chi connectivity index (χ0v) is 9.57. The SMILES string of the molecule is Cc1cccc(OCCN(C)CCN)c1. The van der Waals surface area contributed by atoms with Gasteiger partial charge in [0.2, 0.25) is 0 Å². The Morgan fingerprint density at radius 3 is 2.80 bits per heavy atom. The molecule has 0 unspecified atom stereocenters. The molecule has 15 heavy (non-hydrogen) atoms. The van der Waals surface area contributed by atoms with E-state index < -0.39 is 0 Å². The summed E-state index contributed by atoms with van der Waals surface area (Å²) >= 11 is 0. The molecule has 0 radical (unpaired) electrons. The highest BCUT2D eigenvalue weighted by atomic mass is 16.5. The van der Waals surface area contributed by atoms with Crippen LogP contribution in [0.15, 0.2) is 24.3 Å². The number of hydrogen-bond acceptors (Lipinski definition) is 3. The highest BCUT2D eigenvalue weighted by Crippen LogP contribution is 2.11. The van der Waals surface area contributed by atoms with Crippen molar-refractivity contribution in [1.29, 1.82) is 0 Å². The van der Waals surface area contributed by atoms with Crippen molar-refractivity contribution in [2.24, 2.45) is 5.73 Å². The molecule has 1 rings (SSSR count). The molecule has 1 aromatic rings. The quantitative estimate of drug-likeness (QED) is 0.765. The van der Waals surface area contributed by atoms with Gasteiger partial charge in [0, 0.05) is 19.6 Å². The van der Waals surface area contributed by atoms with E-state index in [2.05, 4.69) is 17.9 Å². The van der Waals surface area contributed by atoms with Crippen molar-refractivity contribution in [3.05, 3.63) is 29.8 Å². The van der Waals surface area contributed by atoms with Crippen LogP contribution in [0.25, 0.3) is 0 Å². The Bertz CT molecular complexity index is 289. The molecule has 0 amide bonds. The Morgan fingerprint density at radius 1 is 1.33 bits per heavy atom. The number of hydrogen-bond donors (Lipinski definition) is 1. The van der Waals surface area contributed by atoms with Crippen molar-refractivity contribution in [3.8, 4) is 5.75 Å². The van der Waals surface area contributed by atoms with Gasteiger partial charge in [0.15, 0.2) is 0 Å². The normalized spacial score (nSPS) is 10.7. The summed E-state index contributed by atoms with van der Waals surface area (Å²) in [5.74, 6) is 0.941. The van der Waals surface area contributed by atoms with Gasteiger partial charge in [-0.05, 0) is 31.7 Å². The van der Waals surface area contributed by atoms with Crippen LogP contribution in [0.1, 0.15) is 5.56 Å². The average Bonchev–Trinajstić information content (AvgIpc) is 2.18. The summed E-state index contributed by atoms with van der Waals surface area (Å²) in [6, 6.07) is 8.10. The third kappa shape index (κ3) is 4.81. The van der Waals surface area contributed by atoms with E-state index in [-0.39, 0.29) is 0 Å². The summed E-state index contributed by atoms with van der Waals surface area (Å²) in [5, 5.41) is 0. The van der Waals surface area contributed by atoms with Gasteiger partial charge < -0.3 is 15.4 Å². The molecule has 3 nitrogen and oxygen atoms in total. The third-order valence-electron chi connectivity index (χ3n) is 2.24. The summed E-state index contributed by atoms with van der Waals surface area (Å²) in [4.78, 5) is 2.16. The second-order valence-electron chi connectivity index (χ2n) is 3.76. The summed E-state index contributed by atoms with van der Waals surface area (Å²) in [5.41, 5.74) is 6.67. The summed E-state index contributed by atoms with van der Waals surface area (Å²) in [7, 11) is 2.05. The first-order valence-electron chi connectivity index (χ1n) is 5.30. The molecular weight excluding hydrogens is 188 g/mol. The fourth-order valence-electron chi connectivity index (χ4n) is 1.36. The molecule has 0 spiro atoms.